The molecule has 0 bridgehead atoms. The molecule has 8 N–H and O–H groups in total. The Kier molecular flexibility index (Phi) is 7.29. The summed E-state index contributed by atoms with van der Waals surface area (Å²) < 4.78 is 0. The molecule has 0 unspecified atom stereocenters. The van der Waals surface area contributed by atoms with Gasteiger partial charge in [-0.3, -0.25) is 19.6 Å². The predicted molar refractivity (Wildman–Crippen MR) is 72.4 cm³/mol. The third kappa shape index (κ3) is 5.95. The molecule has 0 radical (unpaired) electrons. The van der Waals surface area contributed by atoms with Crippen LogP contribution in [0.4, 0.5) is 0 Å². The SMILES string of the molecule is CCC1N(N)C=CN1N.O=C(O)CC(O)(CC(=O)O)C(=O)O. The van der Waals surface area contributed by atoms with Gasteiger partial charge in [-0.2, -0.15) is 0 Å². The summed E-state index contributed by atoms with van der Waals surface area (Å²) in [5, 5.41) is 37.0. The van der Waals surface area contributed by atoms with Gasteiger partial charge >= 0.3 is 17.9 Å². The summed E-state index contributed by atoms with van der Waals surface area (Å²) in [5.74, 6) is 5.99. The molecule has 0 saturated carbocycles. The van der Waals surface area contributed by atoms with Crippen molar-refractivity contribution >= 4 is 17.9 Å². The summed E-state index contributed by atoms with van der Waals surface area (Å²) in [6.45, 7) is 2.04. The zero-order valence-corrected chi connectivity index (χ0v) is 11.9. The minimum Gasteiger partial charge on any atom is -0.481 e. The van der Waals surface area contributed by atoms with Crippen LogP contribution in [-0.4, -0.2) is 60.1 Å². The largest absolute Gasteiger partial charge is 0.481 e. The normalized spacial score (nSPS) is 14.5. The molecule has 22 heavy (non-hydrogen) atoms. The van der Waals surface area contributed by atoms with E-state index in [4.69, 9.17) is 32.1 Å². The number of carboxylic acids is 3. The highest BCUT2D eigenvalue weighted by Gasteiger charge is 2.40. The van der Waals surface area contributed by atoms with Crippen molar-refractivity contribution in [2.75, 3.05) is 0 Å². The van der Waals surface area contributed by atoms with E-state index in [0.29, 0.717) is 0 Å². The van der Waals surface area contributed by atoms with Gasteiger partial charge in [-0.15, -0.1) is 0 Å². The third-order valence-electron chi connectivity index (χ3n) is 2.75. The van der Waals surface area contributed by atoms with Gasteiger partial charge in [0.05, 0.1) is 12.8 Å². The number of hydrogen-bond acceptors (Lipinski definition) is 8. The topological polar surface area (TPSA) is 191 Å². The maximum Gasteiger partial charge on any atom is 0.336 e. The first-order chi connectivity index (χ1) is 10.0. The first kappa shape index (κ1) is 19.6. The maximum atomic E-state index is 10.3. The summed E-state index contributed by atoms with van der Waals surface area (Å²) >= 11 is 0. The van der Waals surface area contributed by atoms with E-state index < -0.39 is 36.4 Å². The number of hydrazine groups is 2. The number of nitrogens with two attached hydrogens (primary N) is 2. The Balaban J connectivity index is 0.000000425. The Morgan fingerprint density at radius 3 is 1.59 bits per heavy atom. The fourth-order valence-electron chi connectivity index (χ4n) is 1.64. The van der Waals surface area contributed by atoms with E-state index in [9.17, 15) is 14.4 Å². The van der Waals surface area contributed by atoms with Crippen molar-refractivity contribution in [1.82, 2.24) is 10.0 Å². The van der Waals surface area contributed by atoms with Crippen LogP contribution in [0.2, 0.25) is 0 Å². The molecule has 0 aliphatic carbocycles. The van der Waals surface area contributed by atoms with Crippen molar-refractivity contribution < 1.29 is 34.8 Å². The fraction of sp³-hybridized carbons (Fsp3) is 0.545. The average molecular weight is 320 g/mol. The number of hydrogen-bond donors (Lipinski definition) is 6. The van der Waals surface area contributed by atoms with Gasteiger partial charge in [0.25, 0.3) is 0 Å². The molecule has 1 rings (SSSR count). The monoisotopic (exact) mass is 320 g/mol. The quantitative estimate of drug-likeness (QED) is 0.306. The summed E-state index contributed by atoms with van der Waals surface area (Å²) in [7, 11) is 0. The van der Waals surface area contributed by atoms with Crippen LogP contribution in [-0.2, 0) is 14.4 Å². The zero-order chi connectivity index (χ0) is 17.5. The number of rotatable bonds is 6. The number of carbonyl (C=O) groups is 3. The second kappa shape index (κ2) is 8.17. The molecule has 0 fully saturated rings. The molecule has 1 aliphatic heterocycles. The van der Waals surface area contributed by atoms with Crippen LogP contribution >= 0.6 is 0 Å². The molecule has 1 aliphatic rings. The van der Waals surface area contributed by atoms with Gasteiger partial charge in [0.15, 0.2) is 5.60 Å². The van der Waals surface area contributed by atoms with Crippen molar-refractivity contribution in [1.29, 1.82) is 0 Å². The summed E-state index contributed by atoms with van der Waals surface area (Å²) in [5.41, 5.74) is -2.74. The van der Waals surface area contributed by atoms with E-state index in [1.807, 2.05) is 6.92 Å². The van der Waals surface area contributed by atoms with Crippen molar-refractivity contribution in [3.63, 3.8) is 0 Å². The predicted octanol–water partition coefficient (Wildman–Crippen LogP) is -1.69. The van der Waals surface area contributed by atoms with Crippen molar-refractivity contribution in [3.05, 3.63) is 12.4 Å². The molecule has 0 amide bonds. The van der Waals surface area contributed by atoms with E-state index in [0.717, 1.165) is 6.42 Å². The van der Waals surface area contributed by atoms with Crippen LogP contribution in [0, 0.1) is 0 Å². The first-order valence-corrected chi connectivity index (χ1v) is 6.17. The van der Waals surface area contributed by atoms with Crippen LogP contribution in [0.25, 0.3) is 0 Å². The lowest BCUT2D eigenvalue weighted by Gasteiger charge is -2.24. The van der Waals surface area contributed by atoms with Crippen LogP contribution in [0.5, 0.6) is 0 Å². The molecule has 0 atom stereocenters. The van der Waals surface area contributed by atoms with E-state index in [2.05, 4.69) is 0 Å². The number of aliphatic hydroxyl groups is 1. The van der Waals surface area contributed by atoms with Gasteiger partial charge in [-0.25, -0.2) is 16.5 Å². The minimum absolute atomic E-state index is 0.144. The highest BCUT2D eigenvalue weighted by Crippen LogP contribution is 2.15. The molecule has 11 nitrogen and oxygen atoms in total. The lowest BCUT2D eigenvalue weighted by Crippen LogP contribution is -2.44. The Morgan fingerprint density at radius 2 is 1.41 bits per heavy atom. The fourth-order valence-corrected chi connectivity index (χ4v) is 1.64. The van der Waals surface area contributed by atoms with Crippen LogP contribution in [0.15, 0.2) is 12.4 Å². The Labute approximate surface area is 126 Å². The number of aliphatic carboxylic acids is 3. The highest BCUT2D eigenvalue weighted by molar-refractivity contribution is 5.88. The molecule has 1 heterocycles. The molecule has 0 saturated heterocycles. The van der Waals surface area contributed by atoms with Crippen LogP contribution < -0.4 is 11.7 Å². The lowest BCUT2D eigenvalue weighted by atomic mass is 9.96. The lowest BCUT2D eigenvalue weighted by molar-refractivity contribution is -0.170. The van der Waals surface area contributed by atoms with E-state index in [-0.39, 0.29) is 6.17 Å². The summed E-state index contributed by atoms with van der Waals surface area (Å²) in [6, 6.07) is 0. The van der Waals surface area contributed by atoms with Crippen molar-refractivity contribution in [2.24, 2.45) is 11.7 Å². The van der Waals surface area contributed by atoms with Gasteiger partial charge in [0.1, 0.15) is 6.17 Å². The van der Waals surface area contributed by atoms with Crippen molar-refractivity contribution in [3.8, 4) is 0 Å². The standard InChI is InChI=1S/C6H8O7.C5H12N4/c7-3(8)1-6(13,5(11)12)2-4(9)10;1-2-5-8(6)3-4-9(5)7/h13H,1-2H2,(H,7,8)(H,9,10)(H,11,12);3-5H,2,6-7H2,1H3. The van der Waals surface area contributed by atoms with E-state index in [1.54, 1.807) is 22.4 Å². The van der Waals surface area contributed by atoms with Gasteiger partial charge in [0.2, 0.25) is 0 Å². The molecule has 0 aromatic heterocycles. The molecular formula is C11H20N4O7. The van der Waals surface area contributed by atoms with Crippen LogP contribution in [0.1, 0.15) is 26.2 Å². The molecule has 0 spiro atoms. The molecule has 11 heteroatoms. The number of carboxylic acid groups (broad SMARTS) is 3. The van der Waals surface area contributed by atoms with Gasteiger partial charge in [-0.1, -0.05) is 6.92 Å². The molecular weight excluding hydrogens is 300 g/mol. The smallest absolute Gasteiger partial charge is 0.336 e. The molecule has 126 valence electrons. The van der Waals surface area contributed by atoms with E-state index in [1.165, 1.54) is 0 Å². The second-order valence-electron chi connectivity index (χ2n) is 4.56. The second-order valence-corrected chi connectivity index (χ2v) is 4.56. The van der Waals surface area contributed by atoms with E-state index >= 15 is 0 Å². The van der Waals surface area contributed by atoms with Gasteiger partial charge in [-0.05, 0) is 6.42 Å². The molecule has 0 aromatic carbocycles. The minimum atomic E-state index is -2.74. The first-order valence-electron chi connectivity index (χ1n) is 6.17. The van der Waals surface area contributed by atoms with Crippen LogP contribution in [0.3, 0.4) is 0 Å². The molecule has 0 aromatic rings. The van der Waals surface area contributed by atoms with Crippen molar-refractivity contribution in [2.45, 2.75) is 38.0 Å². The summed E-state index contributed by atoms with van der Waals surface area (Å²) in [6.07, 6.45) is 2.30. The zero-order valence-electron chi connectivity index (χ0n) is 11.9. The average Bonchev–Trinajstić information content (AvgIpc) is 2.67. The summed E-state index contributed by atoms with van der Waals surface area (Å²) in [4.78, 5) is 30.5. The maximum absolute atomic E-state index is 10.3. The van der Waals surface area contributed by atoms with Gasteiger partial charge < -0.3 is 20.4 Å². The van der Waals surface area contributed by atoms with Gasteiger partial charge in [0, 0.05) is 12.4 Å². The number of nitrogens with zero attached hydrogens (tertiary/aromatic N) is 2. The Bertz CT molecular complexity index is 426. The highest BCUT2D eigenvalue weighted by atomic mass is 16.4. The Hall–Kier alpha value is -2.37. The Morgan fingerprint density at radius 1 is 1.05 bits per heavy atom. The third-order valence-corrected chi connectivity index (χ3v) is 2.75.